The zero-order valence-electron chi connectivity index (χ0n) is 10.4. The second-order valence-electron chi connectivity index (χ2n) is 5.17. The van der Waals surface area contributed by atoms with Gasteiger partial charge in [0.15, 0.2) is 5.78 Å². The van der Waals surface area contributed by atoms with Crippen LogP contribution in [0.3, 0.4) is 0 Å². The molecule has 0 saturated heterocycles. The molecule has 2 atom stereocenters. The fourth-order valence-corrected chi connectivity index (χ4v) is 2.84. The summed E-state index contributed by atoms with van der Waals surface area (Å²) in [5, 5.41) is 0. The van der Waals surface area contributed by atoms with Crippen LogP contribution in [0.1, 0.15) is 34.3 Å². The van der Waals surface area contributed by atoms with E-state index in [0.717, 1.165) is 18.4 Å². The molecule has 3 heteroatoms. The lowest BCUT2D eigenvalue weighted by Crippen LogP contribution is -2.10. The van der Waals surface area contributed by atoms with E-state index >= 15 is 0 Å². The van der Waals surface area contributed by atoms with E-state index in [0.29, 0.717) is 6.42 Å². The Labute approximate surface area is 106 Å². The van der Waals surface area contributed by atoms with Crippen molar-refractivity contribution in [3.05, 3.63) is 34.9 Å². The van der Waals surface area contributed by atoms with Gasteiger partial charge in [-0.1, -0.05) is 12.1 Å². The van der Waals surface area contributed by atoms with Crippen molar-refractivity contribution >= 4 is 11.8 Å². The van der Waals surface area contributed by atoms with Crippen LogP contribution in [0, 0.1) is 11.8 Å². The van der Waals surface area contributed by atoms with Gasteiger partial charge in [-0.3, -0.25) is 9.59 Å². The van der Waals surface area contributed by atoms with Crippen LogP contribution < -0.4 is 0 Å². The number of benzene rings is 1. The minimum absolute atomic E-state index is 0.0973. The van der Waals surface area contributed by atoms with Gasteiger partial charge in [0, 0.05) is 11.5 Å². The number of aryl methyl sites for hydroxylation is 2. The number of carbonyl (C=O) groups excluding carboxylic acids is 2. The van der Waals surface area contributed by atoms with Gasteiger partial charge in [-0.05, 0) is 42.9 Å². The summed E-state index contributed by atoms with van der Waals surface area (Å²) in [5.41, 5.74) is 3.43. The average Bonchev–Trinajstić information content (AvgIpc) is 3.06. The van der Waals surface area contributed by atoms with Crippen molar-refractivity contribution in [3.8, 4) is 0 Å². The van der Waals surface area contributed by atoms with Gasteiger partial charge in [-0.15, -0.1) is 0 Å². The predicted octanol–water partition coefficient (Wildman–Crippen LogP) is 2.17. The number of methoxy groups -OCH3 is 1. The largest absolute Gasteiger partial charge is 0.469 e. The number of rotatable bonds is 3. The van der Waals surface area contributed by atoms with E-state index < -0.39 is 0 Å². The molecule has 1 aromatic rings. The Morgan fingerprint density at radius 1 is 1.17 bits per heavy atom. The van der Waals surface area contributed by atoms with E-state index in [4.69, 9.17) is 0 Å². The minimum atomic E-state index is -0.255. The molecule has 0 unspecified atom stereocenters. The number of esters is 1. The molecule has 0 N–H and O–H groups in total. The molecule has 18 heavy (non-hydrogen) atoms. The number of hydrogen-bond acceptors (Lipinski definition) is 3. The number of carbonyl (C=O) groups is 2. The monoisotopic (exact) mass is 244 g/mol. The van der Waals surface area contributed by atoms with E-state index in [1.165, 1.54) is 24.7 Å². The first-order chi connectivity index (χ1) is 8.70. The Kier molecular flexibility index (Phi) is 2.69. The Hall–Kier alpha value is -1.64. The number of hydrogen-bond donors (Lipinski definition) is 0. The SMILES string of the molecule is COC(=O)[C@H]1C[C@@H]1C(=O)c1ccc2c(c1)CCC2. The molecule has 1 saturated carbocycles. The highest BCUT2D eigenvalue weighted by atomic mass is 16.5. The van der Waals surface area contributed by atoms with Crippen molar-refractivity contribution in [2.45, 2.75) is 25.7 Å². The highest BCUT2D eigenvalue weighted by Crippen LogP contribution is 2.42. The summed E-state index contributed by atoms with van der Waals surface area (Å²) in [6.45, 7) is 0. The summed E-state index contributed by atoms with van der Waals surface area (Å²) >= 11 is 0. The number of fused-ring (bicyclic) bond motifs is 1. The zero-order valence-corrected chi connectivity index (χ0v) is 10.4. The first-order valence-electron chi connectivity index (χ1n) is 6.44. The van der Waals surface area contributed by atoms with Gasteiger partial charge < -0.3 is 4.74 Å². The summed E-state index contributed by atoms with van der Waals surface area (Å²) in [6, 6.07) is 5.97. The average molecular weight is 244 g/mol. The first-order valence-corrected chi connectivity index (χ1v) is 6.44. The molecule has 0 heterocycles. The van der Waals surface area contributed by atoms with Gasteiger partial charge >= 0.3 is 5.97 Å². The normalized spacial score (nSPS) is 24.5. The molecule has 3 rings (SSSR count). The number of Topliss-reactive ketones (excluding diaryl/α,β-unsaturated/α-hetero) is 1. The van der Waals surface area contributed by atoms with Crippen LogP contribution in [0.5, 0.6) is 0 Å². The van der Waals surface area contributed by atoms with Crippen LogP contribution in [0.25, 0.3) is 0 Å². The second-order valence-corrected chi connectivity index (χ2v) is 5.17. The van der Waals surface area contributed by atoms with Crippen LogP contribution in [0.15, 0.2) is 18.2 Å². The molecule has 3 nitrogen and oxygen atoms in total. The summed E-state index contributed by atoms with van der Waals surface area (Å²) in [5.74, 6) is -0.526. The minimum Gasteiger partial charge on any atom is -0.469 e. The lowest BCUT2D eigenvalue weighted by atomic mass is 10.0. The summed E-state index contributed by atoms with van der Waals surface area (Å²) < 4.78 is 4.67. The molecular weight excluding hydrogens is 228 g/mol. The Morgan fingerprint density at radius 2 is 1.94 bits per heavy atom. The summed E-state index contributed by atoms with van der Waals surface area (Å²) in [4.78, 5) is 23.6. The van der Waals surface area contributed by atoms with Gasteiger partial charge in [-0.2, -0.15) is 0 Å². The summed E-state index contributed by atoms with van der Waals surface area (Å²) in [6.07, 6.45) is 4.02. The van der Waals surface area contributed by atoms with Crippen LogP contribution >= 0.6 is 0 Å². The zero-order chi connectivity index (χ0) is 12.7. The maximum Gasteiger partial charge on any atom is 0.309 e. The third kappa shape index (κ3) is 1.84. The van der Waals surface area contributed by atoms with Crippen molar-refractivity contribution in [2.75, 3.05) is 7.11 Å². The standard InChI is InChI=1S/C15H16O3/c1-18-15(17)13-8-12(13)14(16)11-6-5-9-3-2-4-10(9)7-11/h5-7,12-13H,2-4,8H2,1H3/t12-,13-/m0/s1. The molecule has 2 aliphatic carbocycles. The lowest BCUT2D eigenvalue weighted by molar-refractivity contribution is -0.142. The summed E-state index contributed by atoms with van der Waals surface area (Å²) in [7, 11) is 1.37. The molecule has 0 amide bonds. The maximum atomic E-state index is 12.2. The third-order valence-electron chi connectivity index (χ3n) is 4.01. The molecule has 1 fully saturated rings. The van der Waals surface area contributed by atoms with Crippen molar-refractivity contribution in [3.63, 3.8) is 0 Å². The first kappa shape index (κ1) is 11.5. The van der Waals surface area contributed by atoms with E-state index in [1.807, 2.05) is 12.1 Å². The molecule has 0 spiro atoms. The molecule has 0 bridgehead atoms. The van der Waals surface area contributed by atoms with E-state index in [9.17, 15) is 9.59 Å². The number of ether oxygens (including phenoxy) is 1. The highest BCUT2D eigenvalue weighted by Gasteiger charge is 2.48. The molecule has 0 aliphatic heterocycles. The Balaban J connectivity index is 1.76. The van der Waals surface area contributed by atoms with Crippen molar-refractivity contribution in [1.29, 1.82) is 0 Å². The number of ketones is 1. The van der Waals surface area contributed by atoms with Gasteiger partial charge in [0.25, 0.3) is 0 Å². The van der Waals surface area contributed by atoms with Crippen molar-refractivity contribution in [2.24, 2.45) is 11.8 Å². The van der Waals surface area contributed by atoms with Crippen molar-refractivity contribution < 1.29 is 14.3 Å². The fourth-order valence-electron chi connectivity index (χ4n) is 2.84. The highest BCUT2D eigenvalue weighted by molar-refractivity contribution is 6.03. The Bertz CT molecular complexity index is 518. The van der Waals surface area contributed by atoms with Crippen LogP contribution in [0.2, 0.25) is 0 Å². The molecular formula is C15H16O3. The molecule has 0 radical (unpaired) electrons. The van der Waals surface area contributed by atoms with Gasteiger partial charge in [0.2, 0.25) is 0 Å². The van der Waals surface area contributed by atoms with Gasteiger partial charge in [0.1, 0.15) is 0 Å². The topological polar surface area (TPSA) is 43.4 Å². The quantitative estimate of drug-likeness (QED) is 0.604. The van der Waals surface area contributed by atoms with E-state index in [2.05, 4.69) is 10.8 Å². The van der Waals surface area contributed by atoms with E-state index in [1.54, 1.807) is 0 Å². The molecule has 1 aromatic carbocycles. The maximum absolute atomic E-state index is 12.2. The van der Waals surface area contributed by atoms with Crippen LogP contribution in [0.4, 0.5) is 0 Å². The molecule has 2 aliphatic rings. The van der Waals surface area contributed by atoms with Crippen LogP contribution in [-0.4, -0.2) is 18.9 Å². The Morgan fingerprint density at radius 3 is 2.72 bits per heavy atom. The smallest absolute Gasteiger partial charge is 0.309 e. The van der Waals surface area contributed by atoms with Crippen LogP contribution in [-0.2, 0) is 22.4 Å². The lowest BCUT2D eigenvalue weighted by Gasteiger charge is -2.04. The fraction of sp³-hybridized carbons (Fsp3) is 0.467. The van der Waals surface area contributed by atoms with Gasteiger partial charge in [-0.25, -0.2) is 0 Å². The van der Waals surface area contributed by atoms with Crippen molar-refractivity contribution in [1.82, 2.24) is 0 Å². The molecule has 94 valence electrons. The van der Waals surface area contributed by atoms with E-state index in [-0.39, 0.29) is 23.6 Å². The predicted molar refractivity (Wildman–Crippen MR) is 66.4 cm³/mol. The van der Waals surface area contributed by atoms with Gasteiger partial charge in [0.05, 0.1) is 13.0 Å². The third-order valence-corrected chi connectivity index (χ3v) is 4.01. The molecule has 0 aromatic heterocycles. The second kappa shape index (κ2) is 4.23.